The first kappa shape index (κ1) is 9.70. The van der Waals surface area contributed by atoms with Gasteiger partial charge in [-0.05, 0) is 48.2 Å². The predicted molar refractivity (Wildman–Crippen MR) is 58.2 cm³/mol. The number of rotatable bonds is 2. The number of nitrogens with one attached hydrogen (secondary N) is 1. The summed E-state index contributed by atoms with van der Waals surface area (Å²) in [7, 11) is 0. The highest BCUT2D eigenvalue weighted by molar-refractivity contribution is 7.07. The largest absolute Gasteiger partial charge is 0.299 e. The fourth-order valence-electron chi connectivity index (χ4n) is 2.00. The molecule has 0 spiro atoms. The van der Waals surface area contributed by atoms with E-state index in [1.54, 1.807) is 11.3 Å². The first-order valence-electron chi connectivity index (χ1n) is 5.02. The number of nitrogens with zero attached hydrogens (tertiary/aromatic N) is 1. The molecular weight excluding hydrogens is 192 g/mol. The quantitative estimate of drug-likeness (QED) is 0.806. The molecule has 1 aromatic rings. The summed E-state index contributed by atoms with van der Waals surface area (Å²) < 4.78 is 0. The molecule has 1 aliphatic heterocycles. The van der Waals surface area contributed by atoms with Crippen molar-refractivity contribution in [3.05, 3.63) is 22.4 Å². The Bertz CT molecular complexity index is 318. The van der Waals surface area contributed by atoms with E-state index >= 15 is 0 Å². The normalized spacial score (nSPS) is 27.1. The summed E-state index contributed by atoms with van der Waals surface area (Å²) in [5.41, 5.74) is 0.991. The van der Waals surface area contributed by atoms with Crippen molar-refractivity contribution < 1.29 is 0 Å². The third kappa shape index (κ3) is 1.97. The van der Waals surface area contributed by atoms with Crippen molar-refractivity contribution >= 4 is 11.3 Å². The van der Waals surface area contributed by atoms with E-state index in [0.29, 0.717) is 0 Å². The molecule has 1 unspecified atom stereocenters. The van der Waals surface area contributed by atoms with Crippen LogP contribution in [0.25, 0.3) is 0 Å². The van der Waals surface area contributed by atoms with Crippen LogP contribution in [0.5, 0.6) is 0 Å². The number of hydrogen-bond donors (Lipinski definition) is 1. The lowest BCUT2D eigenvalue weighted by molar-refractivity contribution is 0.321. The molecule has 2 heterocycles. The number of thiophene rings is 1. The summed E-state index contributed by atoms with van der Waals surface area (Å²) in [5, 5.41) is 16.8. The van der Waals surface area contributed by atoms with Gasteiger partial charge in [0, 0.05) is 6.42 Å². The van der Waals surface area contributed by atoms with Gasteiger partial charge in [0.1, 0.15) is 5.54 Å². The van der Waals surface area contributed by atoms with Gasteiger partial charge in [0.25, 0.3) is 0 Å². The molecule has 74 valence electrons. The average Bonchev–Trinajstić information content (AvgIpc) is 2.72. The van der Waals surface area contributed by atoms with E-state index in [0.717, 1.165) is 19.4 Å². The summed E-state index contributed by atoms with van der Waals surface area (Å²) >= 11 is 1.70. The van der Waals surface area contributed by atoms with E-state index < -0.39 is 0 Å². The van der Waals surface area contributed by atoms with Crippen LogP contribution in [0.15, 0.2) is 16.8 Å². The number of nitriles is 1. The van der Waals surface area contributed by atoms with E-state index in [-0.39, 0.29) is 5.54 Å². The molecule has 1 aromatic heterocycles. The van der Waals surface area contributed by atoms with Gasteiger partial charge >= 0.3 is 0 Å². The zero-order valence-electron chi connectivity index (χ0n) is 8.12. The van der Waals surface area contributed by atoms with E-state index in [2.05, 4.69) is 28.2 Å². The summed E-state index contributed by atoms with van der Waals surface area (Å²) in [6.07, 6.45) is 4.21. The molecule has 3 heteroatoms. The summed E-state index contributed by atoms with van der Waals surface area (Å²) in [6.45, 7) is 0.984. The van der Waals surface area contributed by atoms with Gasteiger partial charge in [-0.2, -0.15) is 16.6 Å². The molecular formula is C11H14N2S. The van der Waals surface area contributed by atoms with Gasteiger partial charge < -0.3 is 0 Å². The highest BCUT2D eigenvalue weighted by Crippen LogP contribution is 2.24. The standard InChI is InChI=1S/C11H14N2S/c12-9-11(4-1-2-5-13-11)7-10-3-6-14-8-10/h3,6,8,13H,1-2,4-5,7H2. The van der Waals surface area contributed by atoms with Crippen molar-refractivity contribution in [3.8, 4) is 6.07 Å². The maximum Gasteiger partial charge on any atom is 0.110 e. The zero-order valence-corrected chi connectivity index (χ0v) is 8.94. The molecule has 14 heavy (non-hydrogen) atoms. The third-order valence-corrected chi connectivity index (χ3v) is 3.53. The Hall–Kier alpha value is -0.850. The molecule has 1 atom stereocenters. The topological polar surface area (TPSA) is 35.8 Å². The van der Waals surface area contributed by atoms with Crippen LogP contribution >= 0.6 is 11.3 Å². The van der Waals surface area contributed by atoms with Crippen molar-refractivity contribution in [1.82, 2.24) is 5.32 Å². The van der Waals surface area contributed by atoms with Gasteiger partial charge in [0.15, 0.2) is 0 Å². The first-order valence-corrected chi connectivity index (χ1v) is 5.96. The Balaban J connectivity index is 2.09. The minimum Gasteiger partial charge on any atom is -0.299 e. The van der Waals surface area contributed by atoms with Crippen molar-refractivity contribution in [2.45, 2.75) is 31.2 Å². The predicted octanol–water partition coefficient (Wildman–Crippen LogP) is 2.33. The van der Waals surface area contributed by atoms with Crippen LogP contribution in [-0.2, 0) is 6.42 Å². The van der Waals surface area contributed by atoms with Gasteiger partial charge in [0.2, 0.25) is 0 Å². The highest BCUT2D eigenvalue weighted by Gasteiger charge is 2.31. The van der Waals surface area contributed by atoms with Crippen molar-refractivity contribution in [2.24, 2.45) is 0 Å². The molecule has 0 radical (unpaired) electrons. The molecule has 0 bridgehead atoms. The molecule has 1 saturated heterocycles. The van der Waals surface area contributed by atoms with E-state index in [1.807, 2.05) is 0 Å². The molecule has 0 aromatic carbocycles. The molecule has 0 saturated carbocycles. The van der Waals surface area contributed by atoms with Gasteiger partial charge in [-0.15, -0.1) is 0 Å². The average molecular weight is 206 g/mol. The Morgan fingerprint density at radius 2 is 2.50 bits per heavy atom. The van der Waals surface area contributed by atoms with Crippen LogP contribution in [-0.4, -0.2) is 12.1 Å². The highest BCUT2D eigenvalue weighted by atomic mass is 32.1. The minimum atomic E-state index is -0.292. The second-order valence-electron chi connectivity index (χ2n) is 3.89. The van der Waals surface area contributed by atoms with Crippen molar-refractivity contribution in [3.63, 3.8) is 0 Å². The second-order valence-corrected chi connectivity index (χ2v) is 4.67. The minimum absolute atomic E-state index is 0.292. The molecule has 0 aliphatic carbocycles. The van der Waals surface area contributed by atoms with E-state index in [9.17, 15) is 5.26 Å². The van der Waals surface area contributed by atoms with E-state index in [1.165, 1.54) is 18.4 Å². The van der Waals surface area contributed by atoms with Crippen molar-refractivity contribution in [1.29, 1.82) is 5.26 Å². The van der Waals surface area contributed by atoms with E-state index in [4.69, 9.17) is 0 Å². The molecule has 1 aliphatic rings. The third-order valence-electron chi connectivity index (χ3n) is 2.79. The summed E-state index contributed by atoms with van der Waals surface area (Å²) in [6, 6.07) is 4.56. The number of piperidine rings is 1. The van der Waals surface area contributed by atoms with Gasteiger partial charge in [-0.1, -0.05) is 0 Å². The number of hydrogen-bond acceptors (Lipinski definition) is 3. The summed E-state index contributed by atoms with van der Waals surface area (Å²) in [5.74, 6) is 0. The van der Waals surface area contributed by atoms with Gasteiger partial charge in [-0.3, -0.25) is 5.32 Å². The van der Waals surface area contributed by atoms with Crippen molar-refractivity contribution in [2.75, 3.05) is 6.54 Å². The Kier molecular flexibility index (Phi) is 2.85. The van der Waals surface area contributed by atoms with Crippen LogP contribution in [0, 0.1) is 11.3 Å². The lowest BCUT2D eigenvalue weighted by atomic mass is 9.85. The van der Waals surface area contributed by atoms with Crippen LogP contribution in [0.1, 0.15) is 24.8 Å². The van der Waals surface area contributed by atoms with Crippen LogP contribution in [0.2, 0.25) is 0 Å². The Labute approximate surface area is 88.6 Å². The second kappa shape index (κ2) is 4.12. The fourth-order valence-corrected chi connectivity index (χ4v) is 2.66. The van der Waals surface area contributed by atoms with Gasteiger partial charge in [0.05, 0.1) is 6.07 Å². The molecule has 1 N–H and O–H groups in total. The lowest BCUT2D eigenvalue weighted by Crippen LogP contribution is -2.48. The van der Waals surface area contributed by atoms with Crippen LogP contribution < -0.4 is 5.32 Å². The monoisotopic (exact) mass is 206 g/mol. The van der Waals surface area contributed by atoms with Crippen LogP contribution in [0.4, 0.5) is 0 Å². The van der Waals surface area contributed by atoms with Gasteiger partial charge in [-0.25, -0.2) is 0 Å². The molecule has 1 fully saturated rings. The lowest BCUT2D eigenvalue weighted by Gasteiger charge is -2.31. The maximum atomic E-state index is 9.23. The molecule has 2 rings (SSSR count). The SMILES string of the molecule is N#CC1(Cc2ccsc2)CCCCN1. The van der Waals surface area contributed by atoms with Crippen LogP contribution in [0.3, 0.4) is 0 Å². The Morgan fingerprint density at radius 1 is 1.57 bits per heavy atom. The molecule has 2 nitrogen and oxygen atoms in total. The first-order chi connectivity index (χ1) is 6.85. The molecule has 0 amide bonds. The summed E-state index contributed by atoms with van der Waals surface area (Å²) in [4.78, 5) is 0. The smallest absolute Gasteiger partial charge is 0.110 e. The zero-order chi connectivity index (χ0) is 9.86. The fraction of sp³-hybridized carbons (Fsp3) is 0.545. The Morgan fingerprint density at radius 3 is 3.07 bits per heavy atom. The maximum absolute atomic E-state index is 9.23.